The minimum atomic E-state index is 0.00584. The minimum absolute atomic E-state index is 0.00584. The van der Waals surface area contributed by atoms with E-state index in [-0.39, 0.29) is 12.0 Å². The molecule has 2 rings (SSSR count). The molecule has 0 radical (unpaired) electrons. The highest BCUT2D eigenvalue weighted by Crippen LogP contribution is 2.29. The van der Waals surface area contributed by atoms with Gasteiger partial charge in [-0.3, -0.25) is 0 Å². The number of rotatable bonds is 5. The van der Waals surface area contributed by atoms with E-state index in [2.05, 4.69) is 17.2 Å². The first-order valence-corrected chi connectivity index (χ1v) is 7.29. The number of aliphatic hydroxyl groups excluding tert-OH is 1. The maximum atomic E-state index is 9.59. The van der Waals surface area contributed by atoms with Crippen LogP contribution in [0.25, 0.3) is 0 Å². The predicted molar refractivity (Wildman–Crippen MR) is 72.9 cm³/mol. The Morgan fingerprint density at radius 1 is 1.39 bits per heavy atom. The maximum absolute atomic E-state index is 9.59. The monoisotopic (exact) mass is 270 g/mol. The number of aryl methyl sites for hydroxylation is 2. The Kier molecular flexibility index (Phi) is 4.72. The summed E-state index contributed by atoms with van der Waals surface area (Å²) in [5, 5.41) is 14.2. The van der Waals surface area contributed by atoms with Crippen molar-refractivity contribution < 1.29 is 9.84 Å². The summed E-state index contributed by atoms with van der Waals surface area (Å²) >= 11 is 1.75. The minimum Gasteiger partial charge on any atom is -0.396 e. The number of aromatic nitrogens is 1. The van der Waals surface area contributed by atoms with Gasteiger partial charge in [0, 0.05) is 36.6 Å². The van der Waals surface area contributed by atoms with Crippen molar-refractivity contribution in [2.75, 3.05) is 26.4 Å². The van der Waals surface area contributed by atoms with Gasteiger partial charge in [-0.1, -0.05) is 0 Å². The molecule has 2 heterocycles. The van der Waals surface area contributed by atoms with Crippen LogP contribution in [-0.2, 0) is 11.3 Å². The quantitative estimate of drug-likeness (QED) is 0.854. The molecule has 1 aromatic heterocycles. The normalized spacial score (nSPS) is 19.1. The Labute approximate surface area is 112 Å². The Bertz CT molecular complexity index is 386. The van der Waals surface area contributed by atoms with E-state index in [1.807, 2.05) is 6.92 Å². The smallest absolute Gasteiger partial charge is 0.0900 e. The summed E-state index contributed by atoms with van der Waals surface area (Å²) in [4.78, 5) is 5.72. The molecular formula is C13H22N2O2S. The molecule has 0 amide bonds. The van der Waals surface area contributed by atoms with Gasteiger partial charge in [-0.25, -0.2) is 4.98 Å². The van der Waals surface area contributed by atoms with Crippen molar-refractivity contribution in [3.8, 4) is 0 Å². The van der Waals surface area contributed by atoms with Gasteiger partial charge in [0.2, 0.25) is 0 Å². The van der Waals surface area contributed by atoms with Crippen LogP contribution in [0.1, 0.15) is 28.4 Å². The molecule has 2 N–H and O–H groups in total. The molecular weight excluding hydrogens is 248 g/mol. The molecule has 0 unspecified atom stereocenters. The van der Waals surface area contributed by atoms with Gasteiger partial charge in [0.25, 0.3) is 0 Å². The van der Waals surface area contributed by atoms with Crippen LogP contribution in [0.15, 0.2) is 0 Å². The number of ether oxygens (including phenoxy) is 1. The highest BCUT2D eigenvalue weighted by Gasteiger charge is 2.31. The third-order valence-corrected chi connectivity index (χ3v) is 4.75. The average Bonchev–Trinajstić information content (AvgIpc) is 2.69. The molecule has 5 heteroatoms. The van der Waals surface area contributed by atoms with Crippen LogP contribution in [0.5, 0.6) is 0 Å². The highest BCUT2D eigenvalue weighted by molar-refractivity contribution is 7.11. The van der Waals surface area contributed by atoms with E-state index < -0.39 is 0 Å². The molecule has 1 aromatic rings. The van der Waals surface area contributed by atoms with Gasteiger partial charge in [-0.05, 0) is 26.7 Å². The zero-order valence-corrected chi connectivity index (χ0v) is 12.0. The fourth-order valence-electron chi connectivity index (χ4n) is 2.37. The lowest BCUT2D eigenvalue weighted by atomic mass is 9.81. The van der Waals surface area contributed by atoms with E-state index >= 15 is 0 Å². The number of hydrogen-bond donors (Lipinski definition) is 2. The van der Waals surface area contributed by atoms with Crippen molar-refractivity contribution in [3.05, 3.63) is 15.6 Å². The third-order valence-electron chi connectivity index (χ3n) is 3.67. The van der Waals surface area contributed by atoms with E-state index in [1.54, 1.807) is 11.3 Å². The average molecular weight is 270 g/mol. The number of nitrogens with zero attached hydrogens (tertiary/aromatic N) is 1. The highest BCUT2D eigenvalue weighted by atomic mass is 32.1. The summed E-state index contributed by atoms with van der Waals surface area (Å²) in [7, 11) is 0. The van der Waals surface area contributed by atoms with E-state index in [1.165, 1.54) is 4.88 Å². The molecule has 1 fully saturated rings. The maximum Gasteiger partial charge on any atom is 0.0900 e. The first-order valence-electron chi connectivity index (χ1n) is 6.47. The van der Waals surface area contributed by atoms with Crippen LogP contribution in [-0.4, -0.2) is 36.5 Å². The van der Waals surface area contributed by atoms with Gasteiger partial charge >= 0.3 is 0 Å². The topological polar surface area (TPSA) is 54.4 Å². The molecule has 0 aromatic carbocycles. The van der Waals surface area contributed by atoms with Crippen molar-refractivity contribution in [1.29, 1.82) is 0 Å². The van der Waals surface area contributed by atoms with E-state index in [4.69, 9.17) is 4.74 Å². The predicted octanol–water partition coefficient (Wildman–Crippen LogP) is 1.64. The van der Waals surface area contributed by atoms with Crippen LogP contribution in [0.4, 0.5) is 0 Å². The largest absolute Gasteiger partial charge is 0.396 e. The van der Waals surface area contributed by atoms with E-state index in [0.29, 0.717) is 0 Å². The first-order chi connectivity index (χ1) is 8.65. The van der Waals surface area contributed by atoms with Gasteiger partial charge in [0.05, 0.1) is 17.3 Å². The van der Waals surface area contributed by atoms with Gasteiger partial charge in [0.1, 0.15) is 0 Å². The fraction of sp³-hybridized carbons (Fsp3) is 0.769. The van der Waals surface area contributed by atoms with Crippen molar-refractivity contribution in [2.24, 2.45) is 5.41 Å². The van der Waals surface area contributed by atoms with Gasteiger partial charge < -0.3 is 15.2 Å². The molecule has 1 aliphatic rings. The Balaban J connectivity index is 1.85. The standard InChI is InChI=1S/C13H22N2O2S/c1-10-12(18-11(2)15-10)7-14-8-13(9-16)3-5-17-6-4-13/h14,16H,3-9H2,1-2H3. The SMILES string of the molecule is Cc1nc(C)c(CNCC2(CO)CCOCC2)s1. The molecule has 0 saturated carbocycles. The number of hydrogen-bond acceptors (Lipinski definition) is 5. The second-order valence-corrected chi connectivity index (χ2v) is 6.40. The van der Waals surface area contributed by atoms with Crippen molar-refractivity contribution in [2.45, 2.75) is 33.2 Å². The van der Waals surface area contributed by atoms with Crippen LogP contribution in [0.2, 0.25) is 0 Å². The molecule has 0 bridgehead atoms. The second-order valence-electron chi connectivity index (χ2n) is 5.12. The van der Waals surface area contributed by atoms with Gasteiger partial charge in [-0.2, -0.15) is 0 Å². The lowest BCUT2D eigenvalue weighted by molar-refractivity contribution is -0.0153. The van der Waals surface area contributed by atoms with Crippen molar-refractivity contribution in [1.82, 2.24) is 10.3 Å². The second kappa shape index (κ2) is 6.10. The molecule has 4 nitrogen and oxygen atoms in total. The summed E-state index contributed by atoms with van der Waals surface area (Å²) in [6, 6.07) is 0. The summed E-state index contributed by atoms with van der Waals surface area (Å²) in [5.74, 6) is 0. The zero-order chi connectivity index (χ0) is 13.0. The molecule has 0 aliphatic carbocycles. The molecule has 18 heavy (non-hydrogen) atoms. The molecule has 1 aliphatic heterocycles. The van der Waals surface area contributed by atoms with Crippen molar-refractivity contribution in [3.63, 3.8) is 0 Å². The number of nitrogens with one attached hydrogen (secondary N) is 1. The van der Waals surface area contributed by atoms with Crippen LogP contribution < -0.4 is 5.32 Å². The number of aliphatic hydroxyl groups is 1. The molecule has 0 spiro atoms. The zero-order valence-electron chi connectivity index (χ0n) is 11.2. The molecule has 0 atom stereocenters. The summed E-state index contributed by atoms with van der Waals surface area (Å²) in [6.45, 7) is 7.56. The van der Waals surface area contributed by atoms with Crippen LogP contribution in [0, 0.1) is 19.3 Å². The van der Waals surface area contributed by atoms with Crippen LogP contribution >= 0.6 is 11.3 Å². The lowest BCUT2D eigenvalue weighted by Crippen LogP contribution is -2.41. The number of thiazole rings is 1. The Morgan fingerprint density at radius 3 is 2.67 bits per heavy atom. The third kappa shape index (κ3) is 3.29. The molecule has 1 saturated heterocycles. The lowest BCUT2D eigenvalue weighted by Gasteiger charge is -2.35. The molecule has 102 valence electrons. The summed E-state index contributed by atoms with van der Waals surface area (Å²) in [5.41, 5.74) is 1.13. The van der Waals surface area contributed by atoms with Crippen LogP contribution in [0.3, 0.4) is 0 Å². The van der Waals surface area contributed by atoms with E-state index in [9.17, 15) is 5.11 Å². The summed E-state index contributed by atoms with van der Waals surface area (Å²) < 4.78 is 5.37. The fourth-order valence-corrected chi connectivity index (χ4v) is 3.28. The first kappa shape index (κ1) is 13.9. The Morgan fingerprint density at radius 2 is 2.11 bits per heavy atom. The summed E-state index contributed by atoms with van der Waals surface area (Å²) in [6.07, 6.45) is 1.88. The van der Waals surface area contributed by atoms with Gasteiger partial charge in [0.15, 0.2) is 0 Å². The Hall–Kier alpha value is -0.490. The van der Waals surface area contributed by atoms with Crippen molar-refractivity contribution >= 4 is 11.3 Å². The van der Waals surface area contributed by atoms with E-state index in [0.717, 1.165) is 49.8 Å². The van der Waals surface area contributed by atoms with Gasteiger partial charge in [-0.15, -0.1) is 11.3 Å².